The highest BCUT2D eigenvalue weighted by Crippen LogP contribution is 2.24. The van der Waals surface area contributed by atoms with Crippen molar-refractivity contribution in [1.29, 1.82) is 0 Å². The fourth-order valence-corrected chi connectivity index (χ4v) is 2.06. The minimum Gasteiger partial charge on any atom is -0.435 e. The van der Waals surface area contributed by atoms with Crippen LogP contribution < -0.4 is 16.0 Å². The minimum absolute atomic E-state index is 0.0382. The first-order valence-corrected chi connectivity index (χ1v) is 6.34. The first-order valence-electron chi connectivity index (χ1n) is 6.34. The van der Waals surface area contributed by atoms with Crippen LogP contribution in [0.3, 0.4) is 0 Å². The molecule has 6 heteroatoms. The second kappa shape index (κ2) is 7.10. The SMILES string of the molecule is NNC(Cc1ccccc1F)c1cccc(OC(F)F)c1. The van der Waals surface area contributed by atoms with E-state index in [0.717, 1.165) is 0 Å². The molecule has 0 saturated carbocycles. The van der Waals surface area contributed by atoms with E-state index >= 15 is 0 Å². The van der Waals surface area contributed by atoms with Gasteiger partial charge in [0.2, 0.25) is 0 Å². The zero-order chi connectivity index (χ0) is 15.2. The molecular weight excluding hydrogens is 281 g/mol. The van der Waals surface area contributed by atoms with E-state index in [4.69, 9.17) is 5.84 Å². The van der Waals surface area contributed by atoms with Crippen molar-refractivity contribution in [3.05, 3.63) is 65.5 Å². The summed E-state index contributed by atoms with van der Waals surface area (Å²) in [5.41, 5.74) is 3.69. The zero-order valence-corrected chi connectivity index (χ0v) is 11.1. The highest BCUT2D eigenvalue weighted by Gasteiger charge is 2.14. The second-order valence-corrected chi connectivity index (χ2v) is 4.47. The summed E-state index contributed by atoms with van der Waals surface area (Å²) >= 11 is 0. The Morgan fingerprint density at radius 3 is 2.52 bits per heavy atom. The van der Waals surface area contributed by atoms with Crippen molar-refractivity contribution < 1.29 is 17.9 Å². The molecule has 2 rings (SSSR count). The van der Waals surface area contributed by atoms with Gasteiger partial charge in [-0.2, -0.15) is 8.78 Å². The summed E-state index contributed by atoms with van der Waals surface area (Å²) in [5.74, 6) is 5.20. The van der Waals surface area contributed by atoms with E-state index < -0.39 is 12.7 Å². The lowest BCUT2D eigenvalue weighted by Crippen LogP contribution is -2.29. The van der Waals surface area contributed by atoms with Gasteiger partial charge in [-0.1, -0.05) is 30.3 Å². The number of alkyl halides is 2. The molecule has 0 fully saturated rings. The molecular formula is C15H15F3N2O. The molecule has 21 heavy (non-hydrogen) atoms. The van der Waals surface area contributed by atoms with Crippen molar-refractivity contribution in [2.45, 2.75) is 19.1 Å². The third-order valence-electron chi connectivity index (χ3n) is 3.07. The summed E-state index contributed by atoms with van der Waals surface area (Å²) in [6.07, 6.45) is 0.293. The molecule has 0 aliphatic heterocycles. The number of benzene rings is 2. The number of hydrazine groups is 1. The maximum Gasteiger partial charge on any atom is 0.387 e. The highest BCUT2D eigenvalue weighted by atomic mass is 19.3. The van der Waals surface area contributed by atoms with Crippen LogP contribution in [-0.4, -0.2) is 6.61 Å². The molecule has 1 atom stereocenters. The second-order valence-electron chi connectivity index (χ2n) is 4.47. The fourth-order valence-electron chi connectivity index (χ4n) is 2.06. The summed E-state index contributed by atoms with van der Waals surface area (Å²) in [6, 6.07) is 12.1. The standard InChI is InChI=1S/C15H15F3N2O/c16-13-7-2-1-4-10(13)9-14(20-19)11-5-3-6-12(8-11)21-15(17)18/h1-8,14-15,20H,9,19H2. The van der Waals surface area contributed by atoms with E-state index in [1.54, 1.807) is 30.3 Å². The first-order chi connectivity index (χ1) is 10.1. The van der Waals surface area contributed by atoms with Gasteiger partial charge in [-0.25, -0.2) is 4.39 Å². The van der Waals surface area contributed by atoms with Crippen LogP contribution >= 0.6 is 0 Å². The van der Waals surface area contributed by atoms with Gasteiger partial charge in [-0.15, -0.1) is 0 Å². The summed E-state index contributed by atoms with van der Waals surface area (Å²) < 4.78 is 42.5. The number of rotatable bonds is 6. The van der Waals surface area contributed by atoms with Crippen molar-refractivity contribution in [3.63, 3.8) is 0 Å². The molecule has 0 spiro atoms. The average Bonchev–Trinajstić information content (AvgIpc) is 2.46. The fraction of sp³-hybridized carbons (Fsp3) is 0.200. The number of nitrogens with two attached hydrogens (primary N) is 1. The molecule has 0 aliphatic carbocycles. The monoisotopic (exact) mass is 296 g/mol. The van der Waals surface area contributed by atoms with Crippen LogP contribution in [0.5, 0.6) is 5.75 Å². The summed E-state index contributed by atoms with van der Waals surface area (Å²) in [7, 11) is 0. The molecule has 0 aliphatic rings. The van der Waals surface area contributed by atoms with Crippen molar-refractivity contribution in [1.82, 2.24) is 5.43 Å². The minimum atomic E-state index is -2.89. The molecule has 0 radical (unpaired) electrons. The van der Waals surface area contributed by atoms with Crippen molar-refractivity contribution in [2.24, 2.45) is 5.84 Å². The quantitative estimate of drug-likeness (QED) is 0.636. The number of halogens is 3. The van der Waals surface area contributed by atoms with E-state index in [1.165, 1.54) is 18.2 Å². The Morgan fingerprint density at radius 1 is 1.10 bits per heavy atom. The van der Waals surface area contributed by atoms with Crippen LogP contribution in [0.15, 0.2) is 48.5 Å². The molecule has 0 saturated heterocycles. The molecule has 0 bridgehead atoms. The first kappa shape index (κ1) is 15.3. The largest absolute Gasteiger partial charge is 0.435 e. The van der Waals surface area contributed by atoms with Crippen LogP contribution in [0.25, 0.3) is 0 Å². The average molecular weight is 296 g/mol. The summed E-state index contributed by atoms with van der Waals surface area (Å²) in [5, 5.41) is 0. The van der Waals surface area contributed by atoms with E-state index in [2.05, 4.69) is 10.2 Å². The molecule has 1 unspecified atom stereocenters. The van der Waals surface area contributed by atoms with Gasteiger partial charge in [0, 0.05) is 0 Å². The summed E-state index contributed by atoms with van der Waals surface area (Å²) in [4.78, 5) is 0. The Balaban J connectivity index is 2.19. The van der Waals surface area contributed by atoms with E-state index in [1.807, 2.05) is 0 Å². The van der Waals surface area contributed by atoms with Crippen LogP contribution in [0, 0.1) is 5.82 Å². The third kappa shape index (κ3) is 4.21. The third-order valence-corrected chi connectivity index (χ3v) is 3.07. The van der Waals surface area contributed by atoms with Crippen LogP contribution in [0.1, 0.15) is 17.2 Å². The predicted octanol–water partition coefficient (Wildman–Crippen LogP) is 3.17. The Labute approximate surface area is 120 Å². The van der Waals surface area contributed by atoms with Gasteiger partial charge in [-0.05, 0) is 35.7 Å². The lowest BCUT2D eigenvalue weighted by molar-refractivity contribution is -0.0499. The molecule has 3 N–H and O–H groups in total. The van der Waals surface area contributed by atoms with E-state index in [-0.39, 0.29) is 11.6 Å². The number of ether oxygens (including phenoxy) is 1. The van der Waals surface area contributed by atoms with Gasteiger partial charge in [0.05, 0.1) is 6.04 Å². The highest BCUT2D eigenvalue weighted by molar-refractivity contribution is 5.32. The van der Waals surface area contributed by atoms with Crippen LogP contribution in [-0.2, 0) is 6.42 Å². The van der Waals surface area contributed by atoms with Crippen molar-refractivity contribution >= 4 is 0 Å². The Hall–Kier alpha value is -2.05. The van der Waals surface area contributed by atoms with Gasteiger partial charge >= 0.3 is 6.61 Å². The van der Waals surface area contributed by atoms with Gasteiger partial charge in [0.1, 0.15) is 11.6 Å². The molecule has 2 aromatic rings. The molecule has 0 aromatic heterocycles. The lowest BCUT2D eigenvalue weighted by atomic mass is 9.99. The topological polar surface area (TPSA) is 47.3 Å². The van der Waals surface area contributed by atoms with Crippen LogP contribution in [0.4, 0.5) is 13.2 Å². The number of hydrogen-bond donors (Lipinski definition) is 2. The molecule has 3 nitrogen and oxygen atoms in total. The van der Waals surface area contributed by atoms with Crippen LogP contribution in [0.2, 0.25) is 0 Å². The van der Waals surface area contributed by atoms with E-state index in [0.29, 0.717) is 17.5 Å². The predicted molar refractivity (Wildman–Crippen MR) is 73.2 cm³/mol. The van der Waals surface area contributed by atoms with Gasteiger partial charge in [0.25, 0.3) is 0 Å². The molecule has 2 aromatic carbocycles. The number of hydrogen-bond acceptors (Lipinski definition) is 3. The van der Waals surface area contributed by atoms with Gasteiger partial charge in [-0.3, -0.25) is 11.3 Å². The zero-order valence-electron chi connectivity index (χ0n) is 11.1. The van der Waals surface area contributed by atoms with Gasteiger partial charge < -0.3 is 4.74 Å². The lowest BCUT2D eigenvalue weighted by Gasteiger charge is -2.17. The summed E-state index contributed by atoms with van der Waals surface area (Å²) in [6.45, 7) is -2.89. The maximum atomic E-state index is 13.7. The normalized spacial score (nSPS) is 12.4. The molecule has 0 amide bonds. The van der Waals surface area contributed by atoms with Crippen molar-refractivity contribution in [3.8, 4) is 5.75 Å². The Morgan fingerprint density at radius 2 is 1.86 bits per heavy atom. The molecule has 0 heterocycles. The van der Waals surface area contributed by atoms with Gasteiger partial charge in [0.15, 0.2) is 0 Å². The Kier molecular flexibility index (Phi) is 5.19. The molecule has 112 valence electrons. The van der Waals surface area contributed by atoms with E-state index in [9.17, 15) is 13.2 Å². The van der Waals surface area contributed by atoms with Crippen molar-refractivity contribution in [2.75, 3.05) is 0 Å². The smallest absolute Gasteiger partial charge is 0.387 e. The number of nitrogens with one attached hydrogen (secondary N) is 1. The maximum absolute atomic E-state index is 13.7. The Bertz CT molecular complexity index is 593.